The van der Waals surface area contributed by atoms with E-state index in [-0.39, 0.29) is 12.0 Å². The largest absolute Gasteiger partial charge is 0.481 e. The summed E-state index contributed by atoms with van der Waals surface area (Å²) in [6.45, 7) is 1.84. The lowest BCUT2D eigenvalue weighted by atomic mass is 9.95. The lowest BCUT2D eigenvalue weighted by Gasteiger charge is -2.16. The van der Waals surface area contributed by atoms with Crippen LogP contribution in [0.4, 0.5) is 4.39 Å². The van der Waals surface area contributed by atoms with Crippen molar-refractivity contribution in [1.82, 2.24) is 14.5 Å². The number of benzene rings is 3. The summed E-state index contributed by atoms with van der Waals surface area (Å²) >= 11 is 6.08. The molecule has 41 heavy (non-hydrogen) atoms. The Morgan fingerprint density at radius 3 is 2.66 bits per heavy atom. The number of hydrogen-bond donors (Lipinski definition) is 1. The maximum absolute atomic E-state index is 13.7. The highest BCUT2D eigenvalue weighted by Gasteiger charge is 2.41. The predicted molar refractivity (Wildman–Crippen MR) is 151 cm³/mol. The van der Waals surface area contributed by atoms with Gasteiger partial charge in [0.25, 0.3) is 5.56 Å². The quantitative estimate of drug-likeness (QED) is 0.220. The minimum Gasteiger partial charge on any atom is -0.481 e. The van der Waals surface area contributed by atoms with Crippen molar-refractivity contribution in [3.63, 3.8) is 0 Å². The number of nitrogens with zero attached hydrogens (tertiary/aromatic N) is 4. The normalized spacial score (nSPS) is 16.7. The van der Waals surface area contributed by atoms with E-state index in [4.69, 9.17) is 30.9 Å². The van der Waals surface area contributed by atoms with Crippen LogP contribution in [0.15, 0.2) is 75.0 Å². The fraction of sp³-hybridized carbons (Fsp3) is 0.233. The molecule has 3 heterocycles. The highest BCUT2D eigenvalue weighted by atomic mass is 35.5. The third-order valence-electron chi connectivity index (χ3n) is 7.06. The molecule has 1 aliphatic rings. The number of unbranched alkanes of at least 4 members (excludes halogenated alkanes) is 1. The van der Waals surface area contributed by atoms with Gasteiger partial charge in [-0.05, 0) is 68.3 Å². The van der Waals surface area contributed by atoms with Crippen molar-refractivity contribution in [3.05, 3.63) is 99.1 Å². The van der Waals surface area contributed by atoms with E-state index in [0.29, 0.717) is 75.8 Å². The molecule has 1 N–H and O–H groups in total. The topological polar surface area (TPSA) is 120 Å². The van der Waals surface area contributed by atoms with Gasteiger partial charge in [-0.3, -0.25) is 14.2 Å². The van der Waals surface area contributed by atoms with Gasteiger partial charge in [0.15, 0.2) is 5.58 Å². The van der Waals surface area contributed by atoms with E-state index in [2.05, 4.69) is 10.1 Å². The van der Waals surface area contributed by atoms with Crippen LogP contribution in [0.25, 0.3) is 27.7 Å². The fourth-order valence-corrected chi connectivity index (χ4v) is 5.09. The number of oxazole rings is 1. The molecule has 1 aliphatic heterocycles. The molecule has 6 rings (SSSR count). The van der Waals surface area contributed by atoms with E-state index >= 15 is 0 Å². The highest BCUT2D eigenvalue weighted by Crippen LogP contribution is 2.37. The van der Waals surface area contributed by atoms with Gasteiger partial charge in [-0.25, -0.2) is 14.4 Å². The molecule has 2 aromatic heterocycles. The third-order valence-corrected chi connectivity index (χ3v) is 7.30. The van der Waals surface area contributed by atoms with E-state index in [1.807, 2.05) is 6.92 Å². The van der Waals surface area contributed by atoms with E-state index in [0.717, 1.165) is 5.56 Å². The first-order chi connectivity index (χ1) is 19.7. The zero-order valence-corrected chi connectivity index (χ0v) is 22.7. The number of fused-ring (bicyclic) bond motifs is 2. The summed E-state index contributed by atoms with van der Waals surface area (Å²) in [6, 6.07) is 16.1. The van der Waals surface area contributed by atoms with E-state index in [1.165, 1.54) is 28.8 Å². The molecule has 0 bridgehead atoms. The van der Waals surface area contributed by atoms with Crippen molar-refractivity contribution < 1.29 is 23.5 Å². The van der Waals surface area contributed by atoms with Crippen LogP contribution in [0, 0.1) is 5.82 Å². The molecule has 1 atom stereocenters. The Labute approximate surface area is 237 Å². The Morgan fingerprint density at radius 2 is 1.88 bits per heavy atom. The van der Waals surface area contributed by atoms with E-state index < -0.39 is 17.4 Å². The summed E-state index contributed by atoms with van der Waals surface area (Å²) in [5.41, 5.74) is 2.27. The second-order valence-electron chi connectivity index (χ2n) is 10.1. The number of rotatable bonds is 8. The number of carbonyl (C=O) groups is 1. The van der Waals surface area contributed by atoms with Crippen LogP contribution in [0.3, 0.4) is 0 Å². The standard InChI is InChI=1S/C30H24ClFN4O5/c1-30(29-34-22-13-7-18(31)15-25(22)40-29)16-24(35-41-30)17-6-12-21-23(14-17)33-26(4-2-3-5-27(37)38)36(28(21)39)20-10-8-19(32)9-11-20/h6-15H,2-5,16H2,1H3,(H,37,38). The second-order valence-corrected chi connectivity index (χ2v) is 10.6. The minimum atomic E-state index is -0.940. The molecule has 5 aromatic rings. The lowest BCUT2D eigenvalue weighted by Crippen LogP contribution is -2.24. The van der Waals surface area contributed by atoms with Gasteiger partial charge < -0.3 is 14.4 Å². The molecule has 0 fully saturated rings. The number of aromatic nitrogens is 3. The Morgan fingerprint density at radius 1 is 1.07 bits per heavy atom. The van der Waals surface area contributed by atoms with E-state index in [1.54, 1.807) is 36.4 Å². The first-order valence-electron chi connectivity index (χ1n) is 13.1. The smallest absolute Gasteiger partial charge is 0.303 e. The van der Waals surface area contributed by atoms with E-state index in [9.17, 15) is 14.0 Å². The molecule has 0 spiro atoms. The molecule has 0 radical (unpaired) electrons. The molecule has 0 saturated heterocycles. The van der Waals surface area contributed by atoms with Crippen molar-refractivity contribution in [3.8, 4) is 5.69 Å². The summed E-state index contributed by atoms with van der Waals surface area (Å²) in [4.78, 5) is 39.8. The van der Waals surface area contributed by atoms with Crippen LogP contribution < -0.4 is 5.56 Å². The maximum atomic E-state index is 13.7. The number of hydrogen-bond acceptors (Lipinski definition) is 7. The van der Waals surface area contributed by atoms with Gasteiger partial charge in [0, 0.05) is 35.9 Å². The summed E-state index contributed by atoms with van der Waals surface area (Å²) in [6.07, 6.45) is 1.70. The monoisotopic (exact) mass is 574 g/mol. The first-order valence-corrected chi connectivity index (χ1v) is 13.4. The number of halogens is 2. The first kappa shape index (κ1) is 26.6. The Balaban J connectivity index is 1.34. The molecule has 0 saturated carbocycles. The van der Waals surface area contributed by atoms with Crippen LogP contribution in [0.2, 0.25) is 5.02 Å². The summed E-state index contributed by atoms with van der Waals surface area (Å²) in [5.74, 6) is -0.476. The number of oxime groups is 1. The van der Waals surface area contributed by atoms with Crippen LogP contribution in [0.1, 0.15) is 49.9 Å². The second kappa shape index (κ2) is 10.4. The molecule has 1 unspecified atom stereocenters. The zero-order valence-electron chi connectivity index (χ0n) is 21.9. The molecule has 208 valence electrons. The SMILES string of the molecule is CC1(c2nc3ccc(Cl)cc3o2)CC(c2ccc3c(=O)n(-c4ccc(F)cc4)c(CCCCC(=O)O)nc3c2)=NO1. The maximum Gasteiger partial charge on any atom is 0.303 e. The van der Waals surface area contributed by atoms with Gasteiger partial charge in [-0.1, -0.05) is 22.8 Å². The molecular formula is C30H24ClFN4O5. The van der Waals surface area contributed by atoms with Crippen LogP contribution in [0.5, 0.6) is 0 Å². The molecular weight excluding hydrogens is 551 g/mol. The van der Waals surface area contributed by atoms with Crippen molar-refractivity contribution in [2.75, 3.05) is 0 Å². The molecule has 3 aromatic carbocycles. The van der Waals surface area contributed by atoms with Crippen molar-refractivity contribution >= 4 is 45.3 Å². The van der Waals surface area contributed by atoms with Gasteiger partial charge in [-0.2, -0.15) is 0 Å². The summed E-state index contributed by atoms with van der Waals surface area (Å²) < 4.78 is 21.0. The van der Waals surface area contributed by atoms with Gasteiger partial charge >= 0.3 is 5.97 Å². The highest BCUT2D eigenvalue weighted by molar-refractivity contribution is 6.31. The third kappa shape index (κ3) is 5.18. The number of aliphatic carboxylic acids is 1. The molecule has 11 heteroatoms. The molecule has 0 aliphatic carbocycles. The average Bonchev–Trinajstić information content (AvgIpc) is 3.56. The van der Waals surface area contributed by atoms with Crippen LogP contribution in [-0.4, -0.2) is 31.3 Å². The van der Waals surface area contributed by atoms with Crippen molar-refractivity contribution in [1.29, 1.82) is 0 Å². The van der Waals surface area contributed by atoms with Gasteiger partial charge in [0.2, 0.25) is 11.5 Å². The fourth-order valence-electron chi connectivity index (χ4n) is 4.93. The van der Waals surface area contributed by atoms with Gasteiger partial charge in [-0.15, -0.1) is 0 Å². The lowest BCUT2D eigenvalue weighted by molar-refractivity contribution is -0.137. The summed E-state index contributed by atoms with van der Waals surface area (Å²) in [5, 5.41) is 14.2. The van der Waals surface area contributed by atoms with Gasteiger partial charge in [0.1, 0.15) is 17.2 Å². The number of aryl methyl sites for hydroxylation is 1. The van der Waals surface area contributed by atoms with Gasteiger partial charge in [0.05, 0.1) is 22.3 Å². The Bertz CT molecular complexity index is 1900. The van der Waals surface area contributed by atoms with Crippen molar-refractivity contribution in [2.45, 2.75) is 44.6 Å². The minimum absolute atomic E-state index is 0.0181. The predicted octanol–water partition coefficient (Wildman–Crippen LogP) is 6.16. The Hall–Kier alpha value is -4.57. The Kier molecular flexibility index (Phi) is 6.78. The number of carboxylic acid groups (broad SMARTS) is 1. The zero-order chi connectivity index (χ0) is 28.7. The molecule has 9 nitrogen and oxygen atoms in total. The van der Waals surface area contributed by atoms with Crippen molar-refractivity contribution in [2.24, 2.45) is 5.16 Å². The van der Waals surface area contributed by atoms with Crippen LogP contribution in [-0.2, 0) is 21.7 Å². The average molecular weight is 575 g/mol. The molecule has 0 amide bonds. The number of carboxylic acids is 1. The summed E-state index contributed by atoms with van der Waals surface area (Å²) in [7, 11) is 0. The van der Waals surface area contributed by atoms with Crippen LogP contribution >= 0.6 is 11.6 Å².